The second-order valence-electron chi connectivity index (χ2n) is 16.2. The topological polar surface area (TPSA) is 63.2 Å². The van der Waals surface area contributed by atoms with Crippen LogP contribution in [0.5, 0.6) is 0 Å². The molecule has 0 aromatic carbocycles. The molecule has 0 aromatic rings. The Labute approximate surface area is 327 Å². The van der Waals surface area contributed by atoms with E-state index in [0.717, 1.165) is 41.8 Å². The summed E-state index contributed by atoms with van der Waals surface area (Å²) in [6.07, 6.45) is 33.9. The lowest BCUT2D eigenvalue weighted by Gasteiger charge is -2.23. The van der Waals surface area contributed by atoms with Crippen molar-refractivity contribution >= 4 is 5.97 Å². The van der Waals surface area contributed by atoms with E-state index >= 15 is 0 Å². The quantitative estimate of drug-likeness (QED) is 0.133. The normalized spacial score (nSPS) is 38.2. The van der Waals surface area contributed by atoms with Crippen LogP contribution in [-0.2, 0) is 28.5 Å². The lowest BCUT2D eigenvalue weighted by molar-refractivity contribution is -0.135. The molecule has 0 saturated heterocycles. The van der Waals surface area contributed by atoms with Gasteiger partial charge in [-0.05, 0) is 128 Å². The van der Waals surface area contributed by atoms with Crippen LogP contribution in [0.1, 0.15) is 112 Å². The highest BCUT2D eigenvalue weighted by molar-refractivity contribution is 5.66. The first-order valence-electron chi connectivity index (χ1n) is 20.6. The molecule has 0 aromatic heterocycles. The minimum atomic E-state index is -0.329. The Bertz CT molecular complexity index is 1320. The molecule has 0 aliphatic heterocycles. The first-order valence-corrected chi connectivity index (χ1v) is 20.6. The molecule has 0 radical (unpaired) electrons. The number of rotatable bonds is 9. The molecule has 6 heteroatoms. The predicted molar refractivity (Wildman–Crippen MR) is 221 cm³/mol. The summed E-state index contributed by atoms with van der Waals surface area (Å²) in [5.41, 5.74) is 6.53. The van der Waals surface area contributed by atoms with E-state index in [2.05, 4.69) is 89.6 Å². The van der Waals surface area contributed by atoms with Crippen LogP contribution in [0.2, 0.25) is 0 Å². The van der Waals surface area contributed by atoms with Crippen LogP contribution in [0.25, 0.3) is 0 Å². The fourth-order valence-electron chi connectivity index (χ4n) is 11.0. The number of esters is 1. The van der Waals surface area contributed by atoms with Crippen molar-refractivity contribution in [1.82, 2.24) is 0 Å². The summed E-state index contributed by atoms with van der Waals surface area (Å²) in [5.74, 6) is 6.08. The van der Waals surface area contributed by atoms with Crippen molar-refractivity contribution in [3.63, 3.8) is 0 Å². The Morgan fingerprint density at radius 3 is 1.09 bits per heavy atom. The van der Waals surface area contributed by atoms with Crippen molar-refractivity contribution in [2.45, 2.75) is 136 Å². The fraction of sp³-hybridized carbons (Fsp3) is 0.604. The molecule has 0 spiro atoms. The third kappa shape index (κ3) is 11.0. The van der Waals surface area contributed by atoms with Gasteiger partial charge >= 0.3 is 5.97 Å². The van der Waals surface area contributed by atoms with E-state index < -0.39 is 0 Å². The van der Waals surface area contributed by atoms with Gasteiger partial charge in [-0.25, -0.2) is 0 Å². The van der Waals surface area contributed by atoms with Gasteiger partial charge in [0.05, 0.1) is 31.3 Å². The van der Waals surface area contributed by atoms with Crippen molar-refractivity contribution < 1.29 is 28.5 Å². The second kappa shape index (κ2) is 21.4. The lowest BCUT2D eigenvalue weighted by atomic mass is 9.92. The average Bonchev–Trinajstić information content (AvgIpc) is 4.04. The van der Waals surface area contributed by atoms with Crippen LogP contribution < -0.4 is 0 Å². The standard InChI is InChI=1S/4C11H16O.C4H6O2/c2*1-3-9-5-8-6-10(9)11(7-8)12-4-2;2*1-3-8-5-10-6-9(8)7-11(10)12-4-2;1-3-6-4(2)5/h2*3-4,8,10-11H,2,5-7H2,1H3;2*3-4,9-11H,2,5-7H2,1H3;3H,1H2,2H3/b9-3+;9-3-;8-3+;8-3-;. The Balaban J connectivity index is 0.000000153. The van der Waals surface area contributed by atoms with E-state index in [1.807, 2.05) is 0 Å². The van der Waals surface area contributed by atoms with Crippen molar-refractivity contribution in [2.75, 3.05) is 0 Å². The number of hydrogen-bond donors (Lipinski definition) is 0. The second-order valence-corrected chi connectivity index (χ2v) is 16.2. The van der Waals surface area contributed by atoms with Gasteiger partial charge in [0.25, 0.3) is 0 Å². The van der Waals surface area contributed by atoms with E-state index in [1.165, 1.54) is 84.0 Å². The number of fused-ring (bicyclic) bond motifs is 8. The maximum atomic E-state index is 9.75. The summed E-state index contributed by atoms with van der Waals surface area (Å²) in [5, 5.41) is 0. The molecular formula is C48H70O6. The minimum absolute atomic E-state index is 0.329. The number of carbonyl (C=O) groups excluding carboxylic acids is 1. The lowest BCUT2D eigenvalue weighted by Crippen LogP contribution is -2.19. The van der Waals surface area contributed by atoms with Gasteiger partial charge in [-0.3, -0.25) is 4.79 Å². The summed E-state index contributed by atoms with van der Waals surface area (Å²) in [7, 11) is 0. The van der Waals surface area contributed by atoms with Gasteiger partial charge in [0.2, 0.25) is 0 Å². The molecule has 12 unspecified atom stereocenters. The Morgan fingerprint density at radius 1 is 0.481 bits per heavy atom. The zero-order valence-electron chi connectivity index (χ0n) is 34.1. The van der Waals surface area contributed by atoms with Crippen LogP contribution in [0.4, 0.5) is 0 Å². The molecule has 8 aliphatic rings. The predicted octanol–water partition coefficient (Wildman–Crippen LogP) is 12.3. The van der Waals surface area contributed by atoms with Gasteiger partial charge in [-0.15, -0.1) is 0 Å². The SMILES string of the molecule is C=COC(C)=O.C=COC1CC2C/C(=C/C)C1C2.C=COC1CC2C/C(=C\C)C1C2.C=COC1CC2CC1C/C2=C/C.C=COC1CC2CC1C/C2=C\C. The smallest absolute Gasteiger partial charge is 0.307 e. The van der Waals surface area contributed by atoms with Crippen molar-refractivity contribution in [3.05, 3.63) is 111 Å². The van der Waals surface area contributed by atoms with Crippen LogP contribution in [0.15, 0.2) is 111 Å². The molecule has 8 saturated carbocycles. The summed E-state index contributed by atoms with van der Waals surface area (Å²) in [4.78, 5) is 9.75. The Morgan fingerprint density at radius 2 is 0.852 bits per heavy atom. The molecule has 8 rings (SSSR count). The van der Waals surface area contributed by atoms with Gasteiger partial charge in [0.1, 0.15) is 24.4 Å². The molecule has 12 atom stereocenters. The summed E-state index contributed by atoms with van der Waals surface area (Å²) >= 11 is 0. The monoisotopic (exact) mass is 743 g/mol. The molecule has 0 N–H and O–H groups in total. The maximum absolute atomic E-state index is 9.75. The third-order valence-electron chi connectivity index (χ3n) is 13.3. The van der Waals surface area contributed by atoms with E-state index in [0.29, 0.717) is 36.3 Å². The molecular weight excluding hydrogens is 673 g/mol. The van der Waals surface area contributed by atoms with Gasteiger partial charge < -0.3 is 23.7 Å². The Kier molecular flexibility index (Phi) is 17.1. The number of allylic oxidation sites excluding steroid dienone is 6. The first kappa shape index (κ1) is 43.1. The molecule has 0 heterocycles. The fourth-order valence-corrected chi connectivity index (χ4v) is 11.0. The van der Waals surface area contributed by atoms with E-state index in [9.17, 15) is 4.79 Å². The molecule has 54 heavy (non-hydrogen) atoms. The van der Waals surface area contributed by atoms with Crippen molar-refractivity contribution in [3.8, 4) is 0 Å². The highest BCUT2D eigenvalue weighted by atomic mass is 16.5. The third-order valence-corrected chi connectivity index (χ3v) is 13.3. The molecule has 298 valence electrons. The maximum Gasteiger partial charge on any atom is 0.307 e. The van der Waals surface area contributed by atoms with Crippen LogP contribution >= 0.6 is 0 Å². The molecule has 0 amide bonds. The van der Waals surface area contributed by atoms with Crippen molar-refractivity contribution in [2.24, 2.45) is 47.3 Å². The van der Waals surface area contributed by atoms with E-state index in [-0.39, 0.29) is 5.97 Å². The first-order chi connectivity index (χ1) is 26.2. The van der Waals surface area contributed by atoms with Gasteiger partial charge in [0, 0.05) is 30.6 Å². The molecule has 6 nitrogen and oxygen atoms in total. The largest absolute Gasteiger partial charge is 0.498 e. The van der Waals surface area contributed by atoms with Crippen LogP contribution in [-0.4, -0.2) is 30.4 Å². The zero-order chi connectivity index (χ0) is 39.2. The summed E-state index contributed by atoms with van der Waals surface area (Å²) < 4.78 is 26.1. The van der Waals surface area contributed by atoms with Gasteiger partial charge in [-0.1, -0.05) is 79.5 Å². The highest BCUT2D eigenvalue weighted by Crippen LogP contribution is 2.51. The summed E-state index contributed by atoms with van der Waals surface area (Å²) in [6.45, 7) is 27.5. The van der Waals surface area contributed by atoms with Crippen LogP contribution in [0, 0.1) is 47.3 Å². The van der Waals surface area contributed by atoms with E-state index in [4.69, 9.17) is 18.9 Å². The molecule has 8 aliphatic carbocycles. The molecule has 8 bridgehead atoms. The molecule has 8 fully saturated rings. The summed E-state index contributed by atoms with van der Waals surface area (Å²) in [6, 6.07) is 0. The minimum Gasteiger partial charge on any atom is -0.498 e. The van der Waals surface area contributed by atoms with Gasteiger partial charge in [-0.2, -0.15) is 0 Å². The highest BCUT2D eigenvalue weighted by Gasteiger charge is 2.45. The van der Waals surface area contributed by atoms with Crippen molar-refractivity contribution in [1.29, 1.82) is 0 Å². The zero-order valence-corrected chi connectivity index (χ0v) is 34.1. The van der Waals surface area contributed by atoms with Crippen LogP contribution in [0.3, 0.4) is 0 Å². The van der Waals surface area contributed by atoms with Gasteiger partial charge in [0.15, 0.2) is 0 Å². The van der Waals surface area contributed by atoms with E-state index in [1.54, 1.807) is 47.3 Å². The average molecular weight is 743 g/mol. The number of hydrogen-bond acceptors (Lipinski definition) is 6. The Hall–Kier alpha value is -3.67. The number of ether oxygens (including phenoxy) is 5. The number of carbonyl (C=O) groups is 1.